The van der Waals surface area contributed by atoms with Gasteiger partial charge in [-0.05, 0) is 55.8 Å². The molecule has 106 valence electrons. The van der Waals surface area contributed by atoms with Crippen molar-refractivity contribution in [3.05, 3.63) is 29.8 Å². The molecule has 2 heteroatoms. The minimum atomic E-state index is 0.227. The van der Waals surface area contributed by atoms with Gasteiger partial charge >= 0.3 is 0 Å². The Kier molecular flexibility index (Phi) is 4.19. The Morgan fingerprint density at radius 2 is 2.05 bits per heavy atom. The Morgan fingerprint density at radius 3 is 2.58 bits per heavy atom. The zero-order valence-electron chi connectivity index (χ0n) is 12.9. The van der Waals surface area contributed by atoms with Crippen LogP contribution in [-0.4, -0.2) is 12.6 Å². The summed E-state index contributed by atoms with van der Waals surface area (Å²) in [5.41, 5.74) is 1.83. The van der Waals surface area contributed by atoms with E-state index in [9.17, 15) is 0 Å². The molecule has 0 spiro atoms. The number of hydrogen-bond donors (Lipinski definition) is 1. The normalized spacial score (nSPS) is 22.3. The molecule has 1 saturated carbocycles. The van der Waals surface area contributed by atoms with Crippen LogP contribution >= 0.6 is 0 Å². The molecule has 0 heterocycles. The van der Waals surface area contributed by atoms with Crippen molar-refractivity contribution in [3.63, 3.8) is 0 Å². The predicted octanol–water partition coefficient (Wildman–Crippen LogP) is 4.17. The highest BCUT2D eigenvalue weighted by molar-refractivity contribution is 5.32. The van der Waals surface area contributed by atoms with E-state index in [4.69, 9.17) is 4.74 Å². The maximum atomic E-state index is 5.81. The summed E-state index contributed by atoms with van der Waals surface area (Å²) in [5.74, 6) is 1.72. The summed E-state index contributed by atoms with van der Waals surface area (Å²) in [4.78, 5) is 0. The Hall–Kier alpha value is -1.02. The number of nitrogens with one attached hydrogen (secondary N) is 1. The van der Waals surface area contributed by atoms with E-state index in [1.807, 2.05) is 6.07 Å². The molecule has 1 aliphatic rings. The molecule has 1 aromatic carbocycles. The van der Waals surface area contributed by atoms with Crippen LogP contribution in [0.5, 0.6) is 5.75 Å². The molecule has 1 N–H and O–H groups in total. The van der Waals surface area contributed by atoms with E-state index in [1.54, 1.807) is 0 Å². The van der Waals surface area contributed by atoms with Gasteiger partial charge in [-0.15, -0.1) is 0 Å². The lowest BCUT2D eigenvalue weighted by molar-refractivity contribution is 0.242. The molecule has 1 fully saturated rings. The molecule has 2 nitrogen and oxygen atoms in total. The third-order valence-corrected chi connectivity index (χ3v) is 4.01. The van der Waals surface area contributed by atoms with Crippen LogP contribution in [0.15, 0.2) is 24.3 Å². The third kappa shape index (κ3) is 3.50. The summed E-state index contributed by atoms with van der Waals surface area (Å²) in [7, 11) is 0. The van der Waals surface area contributed by atoms with Crippen molar-refractivity contribution in [2.24, 2.45) is 11.3 Å². The molecule has 2 atom stereocenters. The Labute approximate surface area is 117 Å². The van der Waals surface area contributed by atoms with Crippen molar-refractivity contribution in [3.8, 4) is 5.75 Å². The molecule has 2 rings (SSSR count). The van der Waals surface area contributed by atoms with Crippen LogP contribution in [0.1, 0.15) is 52.6 Å². The molecule has 0 radical (unpaired) electrons. The fourth-order valence-corrected chi connectivity index (χ4v) is 2.84. The maximum absolute atomic E-state index is 5.81. The first kappa shape index (κ1) is 14.4. The lowest BCUT2D eigenvalue weighted by atomic mass is 9.97. The molecule has 2 unspecified atom stereocenters. The number of ether oxygens (including phenoxy) is 1. The van der Waals surface area contributed by atoms with Gasteiger partial charge in [-0.25, -0.2) is 0 Å². The molecule has 0 bridgehead atoms. The SMILES string of the molecule is CCNC(c1cccc(OC(C)C)c1)C1CC1(C)C. The van der Waals surface area contributed by atoms with Crippen LogP contribution < -0.4 is 10.1 Å². The van der Waals surface area contributed by atoms with E-state index in [2.05, 4.69) is 58.1 Å². The topological polar surface area (TPSA) is 21.3 Å². The third-order valence-electron chi connectivity index (χ3n) is 4.01. The molecule has 1 aliphatic carbocycles. The summed E-state index contributed by atoms with van der Waals surface area (Å²) < 4.78 is 5.81. The summed E-state index contributed by atoms with van der Waals surface area (Å²) in [5, 5.41) is 3.64. The minimum absolute atomic E-state index is 0.227. The zero-order valence-corrected chi connectivity index (χ0v) is 12.9. The van der Waals surface area contributed by atoms with Gasteiger partial charge in [0.2, 0.25) is 0 Å². The smallest absolute Gasteiger partial charge is 0.120 e. The van der Waals surface area contributed by atoms with Crippen LogP contribution in [0, 0.1) is 11.3 Å². The van der Waals surface area contributed by atoms with Gasteiger partial charge < -0.3 is 10.1 Å². The van der Waals surface area contributed by atoms with Crippen LogP contribution in [-0.2, 0) is 0 Å². The van der Waals surface area contributed by atoms with E-state index in [0.717, 1.165) is 18.2 Å². The molecule has 0 aromatic heterocycles. The minimum Gasteiger partial charge on any atom is -0.491 e. The van der Waals surface area contributed by atoms with Gasteiger partial charge in [0.05, 0.1) is 6.10 Å². The summed E-state index contributed by atoms with van der Waals surface area (Å²) >= 11 is 0. The van der Waals surface area contributed by atoms with Gasteiger partial charge in [0.25, 0.3) is 0 Å². The quantitative estimate of drug-likeness (QED) is 0.830. The Balaban J connectivity index is 2.17. The van der Waals surface area contributed by atoms with E-state index in [0.29, 0.717) is 11.5 Å². The molecule has 0 amide bonds. The first-order chi connectivity index (χ1) is 8.94. The maximum Gasteiger partial charge on any atom is 0.120 e. The van der Waals surface area contributed by atoms with Gasteiger partial charge in [-0.2, -0.15) is 0 Å². The number of hydrogen-bond acceptors (Lipinski definition) is 2. The monoisotopic (exact) mass is 261 g/mol. The van der Waals surface area contributed by atoms with Crippen molar-refractivity contribution < 1.29 is 4.74 Å². The second kappa shape index (κ2) is 5.54. The highest BCUT2D eigenvalue weighted by Gasteiger charge is 2.50. The van der Waals surface area contributed by atoms with Crippen molar-refractivity contribution in [1.29, 1.82) is 0 Å². The first-order valence-electron chi connectivity index (χ1n) is 7.44. The van der Waals surface area contributed by atoms with E-state index >= 15 is 0 Å². The van der Waals surface area contributed by atoms with E-state index in [1.165, 1.54) is 12.0 Å². The van der Waals surface area contributed by atoms with Crippen molar-refractivity contribution in [2.45, 2.75) is 53.2 Å². The largest absolute Gasteiger partial charge is 0.491 e. The van der Waals surface area contributed by atoms with Gasteiger partial charge in [0, 0.05) is 6.04 Å². The van der Waals surface area contributed by atoms with Crippen LogP contribution in [0.2, 0.25) is 0 Å². The van der Waals surface area contributed by atoms with Crippen LogP contribution in [0.3, 0.4) is 0 Å². The Bertz CT molecular complexity index is 425. The van der Waals surface area contributed by atoms with E-state index in [-0.39, 0.29) is 6.10 Å². The fourth-order valence-electron chi connectivity index (χ4n) is 2.84. The number of benzene rings is 1. The van der Waals surface area contributed by atoms with E-state index < -0.39 is 0 Å². The zero-order chi connectivity index (χ0) is 14.0. The van der Waals surface area contributed by atoms with Gasteiger partial charge in [0.15, 0.2) is 0 Å². The van der Waals surface area contributed by atoms with Crippen molar-refractivity contribution in [2.75, 3.05) is 6.54 Å². The Morgan fingerprint density at radius 1 is 1.37 bits per heavy atom. The van der Waals surface area contributed by atoms with Gasteiger partial charge in [0.1, 0.15) is 5.75 Å². The number of rotatable bonds is 6. The highest BCUT2D eigenvalue weighted by atomic mass is 16.5. The first-order valence-corrected chi connectivity index (χ1v) is 7.44. The molecule has 19 heavy (non-hydrogen) atoms. The average molecular weight is 261 g/mol. The average Bonchev–Trinajstić information content (AvgIpc) is 2.94. The highest BCUT2D eigenvalue weighted by Crippen LogP contribution is 2.57. The lowest BCUT2D eigenvalue weighted by Gasteiger charge is -2.21. The predicted molar refractivity (Wildman–Crippen MR) is 80.5 cm³/mol. The van der Waals surface area contributed by atoms with Crippen LogP contribution in [0.25, 0.3) is 0 Å². The molecular formula is C17H27NO. The van der Waals surface area contributed by atoms with Crippen molar-refractivity contribution >= 4 is 0 Å². The second-order valence-electron chi connectivity index (χ2n) is 6.57. The molecular weight excluding hydrogens is 234 g/mol. The van der Waals surface area contributed by atoms with Crippen LogP contribution in [0.4, 0.5) is 0 Å². The van der Waals surface area contributed by atoms with Gasteiger partial charge in [-0.1, -0.05) is 32.9 Å². The molecule has 0 aliphatic heterocycles. The fraction of sp³-hybridized carbons (Fsp3) is 0.647. The van der Waals surface area contributed by atoms with Gasteiger partial charge in [-0.3, -0.25) is 0 Å². The standard InChI is InChI=1S/C17H27NO/c1-6-18-16(15-11-17(15,4)5)13-8-7-9-14(10-13)19-12(2)3/h7-10,12,15-16,18H,6,11H2,1-5H3. The van der Waals surface area contributed by atoms with Crippen molar-refractivity contribution in [1.82, 2.24) is 5.32 Å². The second-order valence-corrected chi connectivity index (χ2v) is 6.57. The molecule has 1 aromatic rings. The summed E-state index contributed by atoms with van der Waals surface area (Å²) in [6.07, 6.45) is 1.53. The summed E-state index contributed by atoms with van der Waals surface area (Å²) in [6, 6.07) is 9.02. The lowest BCUT2D eigenvalue weighted by Crippen LogP contribution is -2.24. The summed E-state index contributed by atoms with van der Waals surface area (Å²) in [6.45, 7) is 12.0. The molecule has 0 saturated heterocycles.